The zero-order valence-electron chi connectivity index (χ0n) is 11.7. The summed E-state index contributed by atoms with van der Waals surface area (Å²) in [5, 5.41) is 19.9. The van der Waals surface area contributed by atoms with Gasteiger partial charge in [0, 0.05) is 24.7 Å². The number of rotatable bonds is 2. The van der Waals surface area contributed by atoms with E-state index in [9.17, 15) is 14.6 Å². The number of nitrogens with zero attached hydrogens (tertiary/aromatic N) is 1. The summed E-state index contributed by atoms with van der Waals surface area (Å²) in [6.45, 7) is 1.39. The minimum absolute atomic E-state index is 0.147. The highest BCUT2D eigenvalue weighted by Gasteiger charge is 2.42. The average molecular weight is 279 g/mol. The van der Waals surface area contributed by atoms with Gasteiger partial charge in [-0.2, -0.15) is 0 Å². The number of benzene rings is 1. The van der Waals surface area contributed by atoms with Gasteiger partial charge < -0.3 is 15.1 Å². The number of aliphatic hydroxyl groups is 2. The molecule has 0 bridgehead atoms. The number of aliphatic hydroxyl groups excluding tert-OH is 1. The maximum Gasteiger partial charge on any atom is 0.125 e. The van der Waals surface area contributed by atoms with E-state index < -0.39 is 5.60 Å². The molecule has 2 N–H and O–H groups in total. The lowest BCUT2D eigenvalue weighted by Gasteiger charge is -2.48. The van der Waals surface area contributed by atoms with E-state index in [1.807, 2.05) is 6.07 Å². The molecule has 1 aromatic rings. The second-order valence-electron chi connectivity index (χ2n) is 6.22. The van der Waals surface area contributed by atoms with E-state index >= 15 is 0 Å². The van der Waals surface area contributed by atoms with Gasteiger partial charge in [0.2, 0.25) is 0 Å². The molecular weight excluding hydrogens is 257 g/mol. The van der Waals surface area contributed by atoms with Crippen LogP contribution in [0.3, 0.4) is 0 Å². The zero-order chi connectivity index (χ0) is 14.2. The predicted octanol–water partition coefficient (Wildman–Crippen LogP) is 2.45. The Bertz CT molecular complexity index is 493. The quantitative estimate of drug-likeness (QED) is 0.874. The standard InChI is InChI=1S/C16H22FNO2/c17-14-7-12(11-19)8-15(9-14)18-6-5-16(20)4-2-1-3-13(16)10-18/h7-9,13,19-20H,1-6,10-11H2. The van der Waals surface area contributed by atoms with Crippen molar-refractivity contribution in [1.29, 1.82) is 0 Å². The molecule has 1 saturated carbocycles. The Labute approximate surface area is 119 Å². The van der Waals surface area contributed by atoms with Crippen LogP contribution in [0.4, 0.5) is 10.1 Å². The Morgan fingerprint density at radius 2 is 2.10 bits per heavy atom. The molecule has 4 heteroatoms. The van der Waals surface area contributed by atoms with E-state index in [1.165, 1.54) is 18.6 Å². The maximum atomic E-state index is 13.6. The third-order valence-electron chi connectivity index (χ3n) is 4.92. The highest BCUT2D eigenvalue weighted by atomic mass is 19.1. The number of anilines is 1. The van der Waals surface area contributed by atoms with Crippen LogP contribution < -0.4 is 4.90 Å². The van der Waals surface area contributed by atoms with Gasteiger partial charge in [0.15, 0.2) is 0 Å². The summed E-state index contributed by atoms with van der Waals surface area (Å²) in [6.07, 6.45) is 4.99. The predicted molar refractivity (Wildman–Crippen MR) is 76.1 cm³/mol. The summed E-state index contributed by atoms with van der Waals surface area (Å²) >= 11 is 0. The molecule has 2 fully saturated rings. The van der Waals surface area contributed by atoms with Gasteiger partial charge >= 0.3 is 0 Å². The Morgan fingerprint density at radius 1 is 1.25 bits per heavy atom. The molecule has 1 aliphatic heterocycles. The average Bonchev–Trinajstić information content (AvgIpc) is 2.45. The van der Waals surface area contributed by atoms with Crippen LogP contribution in [0.5, 0.6) is 0 Å². The molecule has 0 radical (unpaired) electrons. The normalized spacial score (nSPS) is 30.1. The largest absolute Gasteiger partial charge is 0.392 e. The fraction of sp³-hybridized carbons (Fsp3) is 0.625. The van der Waals surface area contributed by atoms with Gasteiger partial charge in [-0.25, -0.2) is 4.39 Å². The molecule has 1 heterocycles. The Balaban J connectivity index is 1.80. The minimum Gasteiger partial charge on any atom is -0.392 e. The molecule has 2 atom stereocenters. The first-order chi connectivity index (χ1) is 9.60. The van der Waals surface area contributed by atoms with Gasteiger partial charge in [0.05, 0.1) is 12.2 Å². The fourth-order valence-corrected chi connectivity index (χ4v) is 3.71. The van der Waals surface area contributed by atoms with Crippen LogP contribution in [-0.4, -0.2) is 28.9 Å². The number of hydrogen-bond acceptors (Lipinski definition) is 3. The second kappa shape index (κ2) is 5.34. The molecule has 1 aromatic carbocycles. The molecule has 1 saturated heterocycles. The van der Waals surface area contributed by atoms with Gasteiger partial charge in [0.25, 0.3) is 0 Å². The molecule has 2 unspecified atom stereocenters. The van der Waals surface area contributed by atoms with Crippen molar-refractivity contribution in [3.8, 4) is 0 Å². The van der Waals surface area contributed by atoms with Crippen molar-refractivity contribution >= 4 is 5.69 Å². The number of halogens is 1. The van der Waals surface area contributed by atoms with Crippen LogP contribution in [-0.2, 0) is 6.61 Å². The smallest absolute Gasteiger partial charge is 0.125 e. The number of fused-ring (bicyclic) bond motifs is 1. The lowest BCUT2D eigenvalue weighted by atomic mass is 9.71. The van der Waals surface area contributed by atoms with E-state index in [1.54, 1.807) is 0 Å². The summed E-state index contributed by atoms with van der Waals surface area (Å²) in [7, 11) is 0. The Hall–Kier alpha value is -1.13. The van der Waals surface area contributed by atoms with Gasteiger partial charge in [0.1, 0.15) is 5.82 Å². The first-order valence-corrected chi connectivity index (χ1v) is 7.48. The maximum absolute atomic E-state index is 13.6. The molecule has 20 heavy (non-hydrogen) atoms. The van der Waals surface area contributed by atoms with E-state index in [0.717, 1.165) is 44.5 Å². The SMILES string of the molecule is OCc1cc(F)cc(N2CCC3(O)CCCCC3C2)c1. The van der Waals surface area contributed by atoms with Gasteiger partial charge in [-0.3, -0.25) is 0 Å². The van der Waals surface area contributed by atoms with Crippen molar-refractivity contribution in [3.63, 3.8) is 0 Å². The van der Waals surface area contributed by atoms with E-state index in [-0.39, 0.29) is 18.3 Å². The molecule has 3 rings (SSSR count). The Morgan fingerprint density at radius 3 is 2.90 bits per heavy atom. The summed E-state index contributed by atoms with van der Waals surface area (Å²) < 4.78 is 13.6. The van der Waals surface area contributed by atoms with Crippen LogP contribution in [0.2, 0.25) is 0 Å². The Kier molecular flexibility index (Phi) is 3.69. The van der Waals surface area contributed by atoms with Crippen LogP contribution in [0.25, 0.3) is 0 Å². The lowest BCUT2D eigenvalue weighted by molar-refractivity contribution is -0.0612. The van der Waals surface area contributed by atoms with Crippen LogP contribution in [0.15, 0.2) is 18.2 Å². The molecule has 2 aliphatic rings. The van der Waals surface area contributed by atoms with Crippen LogP contribution in [0, 0.1) is 11.7 Å². The molecule has 1 aliphatic carbocycles. The van der Waals surface area contributed by atoms with E-state index in [4.69, 9.17) is 0 Å². The van der Waals surface area contributed by atoms with E-state index in [0.29, 0.717) is 5.56 Å². The van der Waals surface area contributed by atoms with Gasteiger partial charge in [-0.05, 0) is 43.0 Å². The summed E-state index contributed by atoms with van der Waals surface area (Å²) in [4.78, 5) is 2.15. The third kappa shape index (κ3) is 2.54. The second-order valence-corrected chi connectivity index (χ2v) is 6.22. The van der Waals surface area contributed by atoms with Crippen LogP contribution in [0.1, 0.15) is 37.7 Å². The molecule has 0 amide bonds. The lowest BCUT2D eigenvalue weighted by Crippen LogP contribution is -2.53. The van der Waals surface area contributed by atoms with Crippen molar-refractivity contribution in [2.24, 2.45) is 5.92 Å². The van der Waals surface area contributed by atoms with Crippen molar-refractivity contribution in [2.45, 2.75) is 44.3 Å². The topological polar surface area (TPSA) is 43.7 Å². The molecule has 0 aromatic heterocycles. The first-order valence-electron chi connectivity index (χ1n) is 7.48. The number of hydrogen-bond donors (Lipinski definition) is 2. The number of piperidine rings is 1. The highest BCUT2D eigenvalue weighted by Crippen LogP contribution is 2.41. The summed E-state index contributed by atoms with van der Waals surface area (Å²) in [5.74, 6) is -0.0260. The van der Waals surface area contributed by atoms with E-state index in [2.05, 4.69) is 4.90 Å². The molecular formula is C16H22FNO2. The zero-order valence-corrected chi connectivity index (χ0v) is 11.7. The highest BCUT2D eigenvalue weighted by molar-refractivity contribution is 5.49. The van der Waals surface area contributed by atoms with Crippen molar-refractivity contribution in [3.05, 3.63) is 29.6 Å². The van der Waals surface area contributed by atoms with Crippen LogP contribution >= 0.6 is 0 Å². The van der Waals surface area contributed by atoms with Gasteiger partial charge in [-0.15, -0.1) is 0 Å². The van der Waals surface area contributed by atoms with Crippen molar-refractivity contribution < 1.29 is 14.6 Å². The summed E-state index contributed by atoms with van der Waals surface area (Å²) in [5.41, 5.74) is 0.910. The van der Waals surface area contributed by atoms with Gasteiger partial charge in [-0.1, -0.05) is 12.8 Å². The minimum atomic E-state index is -0.512. The monoisotopic (exact) mass is 279 g/mol. The molecule has 110 valence electrons. The van der Waals surface area contributed by atoms with Crippen molar-refractivity contribution in [1.82, 2.24) is 0 Å². The molecule has 3 nitrogen and oxygen atoms in total. The molecule has 0 spiro atoms. The third-order valence-corrected chi connectivity index (χ3v) is 4.92. The fourth-order valence-electron chi connectivity index (χ4n) is 3.71. The summed E-state index contributed by atoms with van der Waals surface area (Å²) in [6, 6.07) is 4.73. The first kappa shape index (κ1) is 13.8. The van der Waals surface area contributed by atoms with Crippen molar-refractivity contribution in [2.75, 3.05) is 18.0 Å².